The molecule has 1 saturated heterocycles. The third-order valence-corrected chi connectivity index (χ3v) is 5.96. The van der Waals surface area contributed by atoms with Crippen molar-refractivity contribution in [3.8, 4) is 0 Å². The number of likely N-dealkylation sites (N-methyl/N-ethyl adjacent to an activating group) is 1. The third-order valence-electron chi connectivity index (χ3n) is 5.96. The van der Waals surface area contributed by atoms with Crippen LogP contribution in [0.3, 0.4) is 0 Å². The highest BCUT2D eigenvalue weighted by Gasteiger charge is 2.42. The molecule has 8 heteroatoms. The molecule has 1 atom stereocenters. The number of amides is 1. The molecule has 1 aliphatic heterocycles. The number of halogens is 1. The summed E-state index contributed by atoms with van der Waals surface area (Å²) in [5.74, 6) is 1.03. The van der Waals surface area contributed by atoms with E-state index in [9.17, 15) is 4.79 Å². The van der Waals surface area contributed by atoms with E-state index in [0.29, 0.717) is 12.6 Å². The average Bonchev–Trinajstić information content (AvgIpc) is 3.11. The van der Waals surface area contributed by atoms with Crippen LogP contribution in [0, 0.1) is 5.41 Å². The fraction of sp³-hybridized carbons (Fsp3) is 0.895. The minimum absolute atomic E-state index is 0. The van der Waals surface area contributed by atoms with Gasteiger partial charge in [-0.1, -0.05) is 12.8 Å². The van der Waals surface area contributed by atoms with Gasteiger partial charge in [0.05, 0.1) is 5.41 Å². The monoisotopic (exact) mass is 494 g/mol. The predicted octanol–water partition coefficient (Wildman–Crippen LogP) is 1.05. The Labute approximate surface area is 182 Å². The number of carbonyl (C=O) groups excluding carboxylic acids is 1. The Balaban J connectivity index is 0.00000364. The van der Waals surface area contributed by atoms with Crippen LogP contribution >= 0.6 is 24.0 Å². The topological polar surface area (TPSA) is 63.2 Å². The second-order valence-corrected chi connectivity index (χ2v) is 8.18. The normalized spacial score (nSPS) is 22.0. The molecule has 0 aromatic carbocycles. The molecule has 0 aromatic rings. The van der Waals surface area contributed by atoms with Crippen molar-refractivity contribution in [2.45, 2.75) is 38.6 Å². The van der Waals surface area contributed by atoms with Gasteiger partial charge < -0.3 is 20.4 Å². The first-order valence-electron chi connectivity index (χ1n) is 9.97. The Morgan fingerprint density at radius 1 is 1.15 bits per heavy atom. The summed E-state index contributed by atoms with van der Waals surface area (Å²) in [5, 5.41) is 6.86. The largest absolute Gasteiger partial charge is 0.355 e. The lowest BCUT2D eigenvalue weighted by Crippen LogP contribution is -2.53. The summed E-state index contributed by atoms with van der Waals surface area (Å²) in [4.78, 5) is 23.7. The number of guanidine groups is 1. The van der Waals surface area contributed by atoms with E-state index in [1.165, 1.54) is 0 Å². The summed E-state index contributed by atoms with van der Waals surface area (Å²) >= 11 is 0. The average molecular weight is 494 g/mol. The molecule has 158 valence electrons. The van der Waals surface area contributed by atoms with Crippen molar-refractivity contribution in [3.05, 3.63) is 0 Å². The van der Waals surface area contributed by atoms with Gasteiger partial charge >= 0.3 is 0 Å². The fourth-order valence-electron chi connectivity index (χ4n) is 4.10. The van der Waals surface area contributed by atoms with Crippen LogP contribution in [-0.4, -0.2) is 100 Å². The molecule has 2 N–H and O–H groups in total. The molecule has 1 saturated carbocycles. The maximum Gasteiger partial charge on any atom is 0.230 e. The molecular weight excluding hydrogens is 455 g/mol. The zero-order chi connectivity index (χ0) is 19.2. The molecule has 7 nitrogen and oxygen atoms in total. The predicted molar refractivity (Wildman–Crippen MR) is 123 cm³/mol. The molecule has 1 amide bonds. The second kappa shape index (κ2) is 11.4. The van der Waals surface area contributed by atoms with Gasteiger partial charge in [0.2, 0.25) is 5.91 Å². The highest BCUT2D eigenvalue weighted by Crippen LogP contribution is 2.38. The van der Waals surface area contributed by atoms with Gasteiger partial charge in [-0.3, -0.25) is 14.7 Å². The highest BCUT2D eigenvalue weighted by atomic mass is 127. The molecule has 27 heavy (non-hydrogen) atoms. The maximum atomic E-state index is 12.7. The van der Waals surface area contributed by atoms with Crippen molar-refractivity contribution in [2.24, 2.45) is 10.4 Å². The zero-order valence-corrected chi connectivity index (χ0v) is 20.1. The molecule has 0 bridgehead atoms. The van der Waals surface area contributed by atoms with Crippen LogP contribution < -0.4 is 10.6 Å². The summed E-state index contributed by atoms with van der Waals surface area (Å²) in [7, 11) is 7.69. The Hall–Kier alpha value is -0.610. The van der Waals surface area contributed by atoms with Gasteiger partial charge in [-0.15, -0.1) is 24.0 Å². The first-order valence-corrected chi connectivity index (χ1v) is 9.97. The second-order valence-electron chi connectivity index (χ2n) is 8.18. The summed E-state index contributed by atoms with van der Waals surface area (Å²) in [6.45, 7) is 8.28. The molecule has 1 aliphatic carbocycles. The quantitative estimate of drug-likeness (QED) is 0.329. The Bertz CT molecular complexity index is 485. The number of carbonyl (C=O) groups is 1. The molecule has 2 aliphatic rings. The van der Waals surface area contributed by atoms with Gasteiger partial charge in [-0.2, -0.15) is 0 Å². The third kappa shape index (κ3) is 6.74. The maximum absolute atomic E-state index is 12.7. The Kier molecular flexibility index (Phi) is 10.3. The molecular formula is C19H39IN6O. The van der Waals surface area contributed by atoms with Gasteiger partial charge in [0.1, 0.15) is 0 Å². The number of hydrogen-bond acceptors (Lipinski definition) is 4. The van der Waals surface area contributed by atoms with E-state index in [1.807, 2.05) is 14.1 Å². The Morgan fingerprint density at radius 3 is 2.26 bits per heavy atom. The number of nitrogens with zero attached hydrogens (tertiary/aromatic N) is 4. The van der Waals surface area contributed by atoms with Gasteiger partial charge in [0, 0.05) is 66.5 Å². The lowest BCUT2D eigenvalue weighted by molar-refractivity contribution is -0.138. The van der Waals surface area contributed by atoms with Crippen LogP contribution in [0.2, 0.25) is 0 Å². The van der Waals surface area contributed by atoms with Gasteiger partial charge in [-0.05, 0) is 26.8 Å². The van der Waals surface area contributed by atoms with Crippen LogP contribution in [-0.2, 0) is 4.79 Å². The van der Waals surface area contributed by atoms with Crippen LogP contribution in [0.1, 0.15) is 32.6 Å². The molecule has 2 fully saturated rings. The minimum Gasteiger partial charge on any atom is -0.355 e. The zero-order valence-electron chi connectivity index (χ0n) is 17.8. The molecule has 0 radical (unpaired) electrons. The number of piperazine rings is 1. The van der Waals surface area contributed by atoms with Crippen molar-refractivity contribution in [1.82, 2.24) is 25.3 Å². The molecule has 0 aromatic heterocycles. The van der Waals surface area contributed by atoms with E-state index in [0.717, 1.165) is 64.4 Å². The Morgan fingerprint density at radius 2 is 1.74 bits per heavy atom. The highest BCUT2D eigenvalue weighted by molar-refractivity contribution is 14.0. The molecule has 2 rings (SSSR count). The number of nitrogens with one attached hydrogen (secondary N) is 2. The summed E-state index contributed by atoms with van der Waals surface area (Å²) in [6, 6.07) is 0.464. The number of hydrogen-bond donors (Lipinski definition) is 2. The van der Waals surface area contributed by atoms with E-state index in [4.69, 9.17) is 0 Å². The van der Waals surface area contributed by atoms with E-state index < -0.39 is 0 Å². The van der Waals surface area contributed by atoms with Crippen LogP contribution in [0.25, 0.3) is 0 Å². The summed E-state index contributed by atoms with van der Waals surface area (Å²) < 4.78 is 0. The molecule has 1 heterocycles. The van der Waals surface area contributed by atoms with Crippen molar-refractivity contribution in [3.63, 3.8) is 0 Å². The van der Waals surface area contributed by atoms with Gasteiger partial charge in [0.25, 0.3) is 0 Å². The molecule has 0 spiro atoms. The number of rotatable bonds is 6. The van der Waals surface area contributed by atoms with E-state index >= 15 is 0 Å². The SMILES string of the molecule is CN=C(NCC(C)N1CCN(C)CC1)NCC1(C(=O)N(C)C)CCCC1.I. The first kappa shape index (κ1) is 24.4. The minimum atomic E-state index is -0.274. The van der Waals surface area contributed by atoms with Crippen molar-refractivity contribution >= 4 is 35.8 Å². The van der Waals surface area contributed by atoms with E-state index in [-0.39, 0.29) is 35.3 Å². The lowest BCUT2D eigenvalue weighted by atomic mass is 9.84. The van der Waals surface area contributed by atoms with Crippen molar-refractivity contribution < 1.29 is 4.79 Å². The standard InChI is InChI=1S/C19H38N6O.HI/c1-16(25-12-10-24(5)11-13-25)14-21-18(20-2)22-15-19(8-6-7-9-19)17(26)23(3)4;/h16H,6-15H2,1-5H3,(H2,20,21,22);1H. The van der Waals surface area contributed by atoms with E-state index in [1.54, 1.807) is 11.9 Å². The first-order chi connectivity index (χ1) is 12.4. The lowest BCUT2D eigenvalue weighted by Gasteiger charge is -2.36. The fourth-order valence-corrected chi connectivity index (χ4v) is 4.10. The van der Waals surface area contributed by atoms with Gasteiger partial charge in [0.15, 0.2) is 5.96 Å². The van der Waals surface area contributed by atoms with Crippen LogP contribution in [0.15, 0.2) is 4.99 Å². The van der Waals surface area contributed by atoms with Crippen LogP contribution in [0.5, 0.6) is 0 Å². The van der Waals surface area contributed by atoms with Gasteiger partial charge in [-0.25, -0.2) is 0 Å². The smallest absolute Gasteiger partial charge is 0.230 e. The number of aliphatic imine (C=N–C) groups is 1. The van der Waals surface area contributed by atoms with Crippen molar-refractivity contribution in [1.29, 1.82) is 0 Å². The summed E-state index contributed by atoms with van der Waals surface area (Å²) in [5.41, 5.74) is -0.274. The van der Waals surface area contributed by atoms with Crippen molar-refractivity contribution in [2.75, 3.05) is 67.5 Å². The summed E-state index contributed by atoms with van der Waals surface area (Å²) in [6.07, 6.45) is 4.19. The van der Waals surface area contributed by atoms with Crippen LogP contribution in [0.4, 0.5) is 0 Å². The van der Waals surface area contributed by atoms with E-state index in [2.05, 4.69) is 39.4 Å². The molecule has 1 unspecified atom stereocenters.